The number of hydrogen-bond donors (Lipinski definition) is 0. The molecule has 0 unspecified atom stereocenters. The normalized spacial score (nSPS) is 11.3. The SMILES string of the molecule is COCC(C)(C)COC(=O)c1ccc(C)cc1. The zero-order chi connectivity index (χ0) is 12.9. The van der Waals surface area contributed by atoms with Crippen LogP contribution in [0.15, 0.2) is 24.3 Å². The maximum absolute atomic E-state index is 11.7. The first-order valence-electron chi connectivity index (χ1n) is 5.67. The van der Waals surface area contributed by atoms with Crippen LogP contribution in [0.3, 0.4) is 0 Å². The van der Waals surface area contributed by atoms with Gasteiger partial charge in [0.15, 0.2) is 0 Å². The first-order valence-corrected chi connectivity index (χ1v) is 5.67. The van der Waals surface area contributed by atoms with Gasteiger partial charge in [-0.1, -0.05) is 31.5 Å². The average Bonchev–Trinajstić information content (AvgIpc) is 2.27. The fourth-order valence-electron chi connectivity index (χ4n) is 1.47. The molecule has 0 saturated heterocycles. The Morgan fingerprint density at radius 1 is 1.18 bits per heavy atom. The van der Waals surface area contributed by atoms with E-state index < -0.39 is 0 Å². The van der Waals surface area contributed by atoms with Crippen molar-refractivity contribution in [3.63, 3.8) is 0 Å². The number of hydrogen-bond acceptors (Lipinski definition) is 3. The number of benzene rings is 1. The molecule has 1 aromatic carbocycles. The van der Waals surface area contributed by atoms with E-state index in [1.54, 1.807) is 19.2 Å². The van der Waals surface area contributed by atoms with E-state index in [0.29, 0.717) is 18.8 Å². The third-order valence-electron chi connectivity index (χ3n) is 2.42. The first-order chi connectivity index (χ1) is 7.94. The molecule has 3 heteroatoms. The van der Waals surface area contributed by atoms with Gasteiger partial charge in [-0.05, 0) is 19.1 Å². The summed E-state index contributed by atoms with van der Waals surface area (Å²) < 4.78 is 10.3. The molecular formula is C14H20O3. The molecule has 0 saturated carbocycles. The number of rotatable bonds is 5. The quantitative estimate of drug-likeness (QED) is 0.737. The van der Waals surface area contributed by atoms with Gasteiger partial charge in [0.1, 0.15) is 0 Å². The van der Waals surface area contributed by atoms with Crippen molar-refractivity contribution in [2.45, 2.75) is 20.8 Å². The highest BCUT2D eigenvalue weighted by atomic mass is 16.5. The van der Waals surface area contributed by atoms with Crippen molar-refractivity contribution in [2.24, 2.45) is 5.41 Å². The molecule has 0 radical (unpaired) electrons. The van der Waals surface area contributed by atoms with Gasteiger partial charge in [-0.2, -0.15) is 0 Å². The third kappa shape index (κ3) is 4.57. The molecule has 0 aliphatic carbocycles. The van der Waals surface area contributed by atoms with Crippen LogP contribution in [0.5, 0.6) is 0 Å². The van der Waals surface area contributed by atoms with Gasteiger partial charge < -0.3 is 9.47 Å². The van der Waals surface area contributed by atoms with E-state index in [2.05, 4.69) is 0 Å². The Labute approximate surface area is 103 Å². The van der Waals surface area contributed by atoms with Crippen LogP contribution in [0.4, 0.5) is 0 Å². The Balaban J connectivity index is 2.53. The van der Waals surface area contributed by atoms with Gasteiger partial charge in [0, 0.05) is 12.5 Å². The predicted octanol–water partition coefficient (Wildman–Crippen LogP) is 2.82. The minimum Gasteiger partial charge on any atom is -0.461 e. The molecule has 3 nitrogen and oxygen atoms in total. The number of aryl methyl sites for hydroxylation is 1. The summed E-state index contributed by atoms with van der Waals surface area (Å²) in [7, 11) is 1.64. The van der Waals surface area contributed by atoms with Crippen LogP contribution in [0.2, 0.25) is 0 Å². The van der Waals surface area contributed by atoms with E-state index in [0.717, 1.165) is 5.56 Å². The number of methoxy groups -OCH3 is 1. The summed E-state index contributed by atoms with van der Waals surface area (Å²) in [6.45, 7) is 6.90. The van der Waals surface area contributed by atoms with E-state index in [1.165, 1.54) is 0 Å². The monoisotopic (exact) mass is 236 g/mol. The lowest BCUT2D eigenvalue weighted by Gasteiger charge is -2.22. The predicted molar refractivity (Wildman–Crippen MR) is 67.1 cm³/mol. The molecule has 0 fully saturated rings. The number of ether oxygens (including phenoxy) is 2. The molecule has 0 aliphatic rings. The number of carbonyl (C=O) groups excluding carboxylic acids is 1. The third-order valence-corrected chi connectivity index (χ3v) is 2.42. The van der Waals surface area contributed by atoms with Crippen LogP contribution in [0, 0.1) is 12.3 Å². The van der Waals surface area contributed by atoms with Crippen molar-refractivity contribution in [2.75, 3.05) is 20.3 Å². The summed E-state index contributed by atoms with van der Waals surface area (Å²) in [6, 6.07) is 7.36. The summed E-state index contributed by atoms with van der Waals surface area (Å²) >= 11 is 0. The Morgan fingerprint density at radius 3 is 2.29 bits per heavy atom. The topological polar surface area (TPSA) is 35.5 Å². The molecule has 0 heterocycles. The average molecular weight is 236 g/mol. The standard InChI is InChI=1S/C14H20O3/c1-11-5-7-12(8-6-11)13(15)17-10-14(2,3)9-16-4/h5-8H,9-10H2,1-4H3. The molecule has 0 bridgehead atoms. The second kappa shape index (κ2) is 5.82. The molecule has 17 heavy (non-hydrogen) atoms. The number of carbonyl (C=O) groups is 1. The van der Waals surface area contributed by atoms with Gasteiger partial charge in [0.25, 0.3) is 0 Å². The zero-order valence-electron chi connectivity index (χ0n) is 10.9. The highest BCUT2D eigenvalue weighted by Crippen LogP contribution is 2.16. The molecule has 0 amide bonds. The van der Waals surface area contributed by atoms with Crippen molar-refractivity contribution >= 4 is 5.97 Å². The van der Waals surface area contributed by atoms with Crippen LogP contribution in [-0.2, 0) is 9.47 Å². The van der Waals surface area contributed by atoms with Crippen LogP contribution in [0.25, 0.3) is 0 Å². The molecule has 0 aliphatic heterocycles. The summed E-state index contributed by atoms with van der Waals surface area (Å²) in [4.78, 5) is 11.7. The molecule has 94 valence electrons. The van der Waals surface area contributed by atoms with Crippen LogP contribution < -0.4 is 0 Å². The Hall–Kier alpha value is -1.35. The van der Waals surface area contributed by atoms with Crippen LogP contribution in [0.1, 0.15) is 29.8 Å². The van der Waals surface area contributed by atoms with E-state index in [4.69, 9.17) is 9.47 Å². The lowest BCUT2D eigenvalue weighted by Crippen LogP contribution is -2.26. The molecule has 1 aromatic rings. The van der Waals surface area contributed by atoms with Crippen molar-refractivity contribution in [1.82, 2.24) is 0 Å². The van der Waals surface area contributed by atoms with Crippen molar-refractivity contribution in [3.8, 4) is 0 Å². The second-order valence-electron chi connectivity index (χ2n) is 5.04. The molecule has 0 N–H and O–H groups in total. The van der Waals surface area contributed by atoms with E-state index in [-0.39, 0.29) is 11.4 Å². The smallest absolute Gasteiger partial charge is 0.338 e. The van der Waals surface area contributed by atoms with Gasteiger partial charge in [-0.15, -0.1) is 0 Å². The van der Waals surface area contributed by atoms with Gasteiger partial charge in [-0.25, -0.2) is 4.79 Å². The van der Waals surface area contributed by atoms with E-state index in [9.17, 15) is 4.79 Å². The summed E-state index contributed by atoms with van der Waals surface area (Å²) in [5.41, 5.74) is 1.56. The fourth-order valence-corrected chi connectivity index (χ4v) is 1.47. The maximum atomic E-state index is 11.7. The van der Waals surface area contributed by atoms with Gasteiger partial charge in [-0.3, -0.25) is 0 Å². The second-order valence-corrected chi connectivity index (χ2v) is 5.04. The fraction of sp³-hybridized carbons (Fsp3) is 0.500. The minimum atomic E-state index is -0.283. The lowest BCUT2D eigenvalue weighted by atomic mass is 9.96. The first kappa shape index (κ1) is 13.7. The van der Waals surface area contributed by atoms with Crippen LogP contribution in [-0.4, -0.2) is 26.3 Å². The summed E-state index contributed by atoms with van der Waals surface area (Å²) in [6.07, 6.45) is 0. The molecule has 1 rings (SSSR count). The molecule has 0 spiro atoms. The van der Waals surface area contributed by atoms with Gasteiger partial charge >= 0.3 is 5.97 Å². The molecule has 0 atom stereocenters. The summed E-state index contributed by atoms with van der Waals surface area (Å²) in [5, 5.41) is 0. The van der Waals surface area contributed by atoms with Crippen molar-refractivity contribution in [1.29, 1.82) is 0 Å². The van der Waals surface area contributed by atoms with Gasteiger partial charge in [0.05, 0.1) is 18.8 Å². The highest BCUT2D eigenvalue weighted by molar-refractivity contribution is 5.89. The summed E-state index contributed by atoms with van der Waals surface area (Å²) in [5.74, 6) is -0.283. The maximum Gasteiger partial charge on any atom is 0.338 e. The number of esters is 1. The largest absolute Gasteiger partial charge is 0.461 e. The Morgan fingerprint density at radius 2 is 1.76 bits per heavy atom. The Kier molecular flexibility index (Phi) is 4.70. The molecule has 0 aromatic heterocycles. The van der Waals surface area contributed by atoms with Crippen LogP contribution >= 0.6 is 0 Å². The van der Waals surface area contributed by atoms with Crippen molar-refractivity contribution < 1.29 is 14.3 Å². The highest BCUT2D eigenvalue weighted by Gasteiger charge is 2.20. The van der Waals surface area contributed by atoms with E-state index in [1.807, 2.05) is 32.9 Å². The Bertz CT molecular complexity index is 366. The molecular weight excluding hydrogens is 216 g/mol. The zero-order valence-corrected chi connectivity index (χ0v) is 10.9. The van der Waals surface area contributed by atoms with E-state index >= 15 is 0 Å². The van der Waals surface area contributed by atoms with Gasteiger partial charge in [0.2, 0.25) is 0 Å². The minimum absolute atomic E-state index is 0.158. The van der Waals surface area contributed by atoms with Crippen molar-refractivity contribution in [3.05, 3.63) is 35.4 Å². The lowest BCUT2D eigenvalue weighted by molar-refractivity contribution is 0.0136.